The van der Waals surface area contributed by atoms with E-state index in [1.165, 1.54) is 0 Å². The van der Waals surface area contributed by atoms with Gasteiger partial charge in [-0.1, -0.05) is 24.3 Å². The molecule has 0 aromatic rings. The van der Waals surface area contributed by atoms with Crippen LogP contribution in [-0.4, -0.2) is 19.9 Å². The van der Waals surface area contributed by atoms with Crippen LogP contribution < -0.4 is 0 Å². The summed E-state index contributed by atoms with van der Waals surface area (Å²) in [7, 11) is -2.79. The largest absolute Gasteiger partial charge is 0.229 e. The molecule has 0 saturated carbocycles. The summed E-state index contributed by atoms with van der Waals surface area (Å²) in [5, 5.41) is 0. The Morgan fingerprint density at radius 1 is 0.923 bits per heavy atom. The van der Waals surface area contributed by atoms with Crippen molar-refractivity contribution < 1.29 is 8.42 Å². The summed E-state index contributed by atoms with van der Waals surface area (Å²) in [6, 6.07) is 0. The number of hydrogen-bond acceptors (Lipinski definition) is 2. The van der Waals surface area contributed by atoms with E-state index in [9.17, 15) is 8.42 Å². The molecule has 1 heterocycles. The van der Waals surface area contributed by atoms with E-state index in [-0.39, 0.29) is 10.8 Å². The minimum Gasteiger partial charge on any atom is -0.229 e. The number of hydrogen-bond donors (Lipinski definition) is 0. The Balaban J connectivity index is 2.16. The lowest BCUT2D eigenvalue weighted by Crippen LogP contribution is -2.45. The second-order valence-corrected chi connectivity index (χ2v) is 6.62. The summed E-state index contributed by atoms with van der Waals surface area (Å²) in [5.74, 6) is 0.752. The number of sulfone groups is 1. The van der Waals surface area contributed by atoms with Crippen molar-refractivity contribution in [3.63, 3.8) is 0 Å². The molecule has 3 rings (SSSR count). The normalized spacial score (nSPS) is 49.5. The first kappa shape index (κ1) is 7.80. The molecule has 2 atom stereocenters. The van der Waals surface area contributed by atoms with Gasteiger partial charge in [0.05, 0.1) is 11.5 Å². The highest BCUT2D eigenvalue weighted by molar-refractivity contribution is 7.91. The van der Waals surface area contributed by atoms with Crippen LogP contribution in [0.1, 0.15) is 12.8 Å². The fraction of sp³-hybridized carbons (Fsp3) is 0.600. The molecular formula is C10H12O2S. The molecule has 0 aromatic heterocycles. The number of rotatable bonds is 0. The highest BCUT2D eigenvalue weighted by Crippen LogP contribution is 2.62. The molecule has 0 spiro atoms. The quantitative estimate of drug-likeness (QED) is 0.547. The van der Waals surface area contributed by atoms with Crippen molar-refractivity contribution in [2.75, 3.05) is 11.5 Å². The average Bonchev–Trinajstić information content (AvgIpc) is 2.21. The van der Waals surface area contributed by atoms with Gasteiger partial charge in [-0.05, 0) is 12.8 Å². The van der Waals surface area contributed by atoms with Gasteiger partial charge < -0.3 is 0 Å². The molecule has 3 heteroatoms. The first-order chi connectivity index (χ1) is 6.08. The fourth-order valence-electron chi connectivity index (χ4n) is 3.02. The lowest BCUT2D eigenvalue weighted by atomic mass is 9.53. The van der Waals surface area contributed by atoms with Crippen molar-refractivity contribution in [1.29, 1.82) is 0 Å². The summed E-state index contributed by atoms with van der Waals surface area (Å²) in [4.78, 5) is 0. The molecular weight excluding hydrogens is 184 g/mol. The summed E-state index contributed by atoms with van der Waals surface area (Å²) in [6.07, 6.45) is 10.3. The maximum atomic E-state index is 11.6. The van der Waals surface area contributed by atoms with Gasteiger partial charge in [-0.25, -0.2) is 8.42 Å². The minimum atomic E-state index is -2.79. The third-order valence-corrected chi connectivity index (χ3v) is 5.71. The molecule has 13 heavy (non-hydrogen) atoms. The van der Waals surface area contributed by atoms with Crippen molar-refractivity contribution in [3.05, 3.63) is 24.3 Å². The van der Waals surface area contributed by atoms with Gasteiger partial charge in [0.2, 0.25) is 0 Å². The molecule has 70 valence electrons. The zero-order valence-corrected chi connectivity index (χ0v) is 8.18. The third-order valence-electron chi connectivity index (χ3n) is 3.80. The lowest BCUT2D eigenvalue weighted by molar-refractivity contribution is 0.162. The van der Waals surface area contributed by atoms with Crippen molar-refractivity contribution in [1.82, 2.24) is 0 Å². The zero-order valence-electron chi connectivity index (χ0n) is 7.36. The Hall–Kier alpha value is -0.570. The summed E-state index contributed by atoms with van der Waals surface area (Å²) in [6.45, 7) is 0. The molecule has 2 aliphatic carbocycles. The third kappa shape index (κ3) is 0.766. The molecule has 0 radical (unpaired) electrons. The van der Waals surface area contributed by atoms with Crippen molar-refractivity contribution in [3.8, 4) is 0 Å². The van der Waals surface area contributed by atoms with Gasteiger partial charge in [0.15, 0.2) is 9.84 Å². The Morgan fingerprint density at radius 2 is 1.38 bits per heavy atom. The zero-order chi connectivity index (χ0) is 9.16. The standard InChI is InChI=1S/C10H12O2S/c11-13(12)7-9-3-1-2-4-10(9,8-13)6-5-9/h1-2,5-6H,3-4,7-8H2/t9-,10-/m1/s1. The molecule has 0 bridgehead atoms. The van der Waals surface area contributed by atoms with Crippen LogP contribution in [0, 0.1) is 10.8 Å². The van der Waals surface area contributed by atoms with E-state index in [0.717, 1.165) is 12.8 Å². The predicted octanol–water partition coefficient (Wildman–Crippen LogP) is 1.31. The van der Waals surface area contributed by atoms with E-state index >= 15 is 0 Å². The minimum absolute atomic E-state index is 0.0133. The second kappa shape index (κ2) is 1.92. The Labute approximate surface area is 78.3 Å². The lowest BCUT2D eigenvalue weighted by Gasteiger charge is -2.49. The van der Waals surface area contributed by atoms with Crippen molar-refractivity contribution in [2.45, 2.75) is 12.8 Å². The maximum absolute atomic E-state index is 11.6. The summed E-state index contributed by atoms with van der Waals surface area (Å²) >= 11 is 0. The van der Waals surface area contributed by atoms with Crippen LogP contribution in [0.3, 0.4) is 0 Å². The van der Waals surface area contributed by atoms with Gasteiger partial charge >= 0.3 is 0 Å². The van der Waals surface area contributed by atoms with Crippen molar-refractivity contribution in [2.24, 2.45) is 10.8 Å². The molecule has 0 N–H and O–H groups in total. The topological polar surface area (TPSA) is 34.1 Å². The summed E-state index contributed by atoms with van der Waals surface area (Å²) in [5.41, 5.74) is -0.0266. The highest BCUT2D eigenvalue weighted by atomic mass is 32.2. The summed E-state index contributed by atoms with van der Waals surface area (Å²) < 4.78 is 23.2. The Morgan fingerprint density at radius 3 is 1.77 bits per heavy atom. The van der Waals surface area contributed by atoms with Crippen LogP contribution in [-0.2, 0) is 9.84 Å². The van der Waals surface area contributed by atoms with Gasteiger partial charge in [0, 0.05) is 10.8 Å². The first-order valence-electron chi connectivity index (χ1n) is 4.64. The van der Waals surface area contributed by atoms with Crippen LogP contribution >= 0.6 is 0 Å². The van der Waals surface area contributed by atoms with Crippen LogP contribution in [0.5, 0.6) is 0 Å². The molecule has 1 aliphatic heterocycles. The van der Waals surface area contributed by atoms with E-state index in [2.05, 4.69) is 24.3 Å². The van der Waals surface area contributed by atoms with E-state index < -0.39 is 9.84 Å². The van der Waals surface area contributed by atoms with Crippen LogP contribution in [0.15, 0.2) is 24.3 Å². The van der Waals surface area contributed by atoms with E-state index in [1.807, 2.05) is 0 Å². The molecule has 2 nitrogen and oxygen atoms in total. The molecule has 3 aliphatic rings. The fourth-order valence-corrected chi connectivity index (χ4v) is 5.70. The van der Waals surface area contributed by atoms with Crippen LogP contribution in [0.2, 0.25) is 0 Å². The van der Waals surface area contributed by atoms with Gasteiger partial charge in [0.25, 0.3) is 0 Å². The second-order valence-electron chi connectivity index (χ2n) is 4.56. The SMILES string of the molecule is O=S1(=O)C[C@@]23C=C[C@]2(CC=CC3)C1. The van der Waals surface area contributed by atoms with Crippen LogP contribution in [0.4, 0.5) is 0 Å². The van der Waals surface area contributed by atoms with Gasteiger partial charge in [-0.2, -0.15) is 0 Å². The predicted molar refractivity (Wildman–Crippen MR) is 51.0 cm³/mol. The highest BCUT2D eigenvalue weighted by Gasteiger charge is 2.62. The molecule has 0 unspecified atom stereocenters. The van der Waals surface area contributed by atoms with E-state index in [0.29, 0.717) is 11.5 Å². The Bertz CT molecular complexity index is 386. The molecule has 1 fully saturated rings. The van der Waals surface area contributed by atoms with Gasteiger partial charge in [-0.3, -0.25) is 0 Å². The molecule has 1 saturated heterocycles. The first-order valence-corrected chi connectivity index (χ1v) is 6.46. The van der Waals surface area contributed by atoms with Gasteiger partial charge in [0.1, 0.15) is 0 Å². The van der Waals surface area contributed by atoms with Crippen molar-refractivity contribution >= 4 is 9.84 Å². The van der Waals surface area contributed by atoms with Crippen LogP contribution in [0.25, 0.3) is 0 Å². The number of allylic oxidation sites excluding steroid dienone is 4. The molecule has 0 amide bonds. The van der Waals surface area contributed by atoms with E-state index in [1.54, 1.807) is 0 Å². The monoisotopic (exact) mass is 196 g/mol. The average molecular weight is 196 g/mol. The van der Waals surface area contributed by atoms with E-state index in [4.69, 9.17) is 0 Å². The smallest absolute Gasteiger partial charge is 0.152 e. The molecule has 0 aromatic carbocycles. The Kier molecular flexibility index (Phi) is 1.15. The maximum Gasteiger partial charge on any atom is 0.152 e. The van der Waals surface area contributed by atoms with Gasteiger partial charge in [-0.15, -0.1) is 0 Å².